The molecule has 254 valence electrons. The van der Waals surface area contributed by atoms with Crippen molar-refractivity contribution in [3.8, 4) is 0 Å². The summed E-state index contributed by atoms with van der Waals surface area (Å²) in [5.41, 5.74) is 0. The molecular formula is C39H70N2O3. The third-order valence-corrected chi connectivity index (χ3v) is 7.78. The minimum Gasteiger partial charge on any atom is -0.389 e. The molecule has 5 nitrogen and oxygen atoms in total. The molecule has 2 amide bonds. The van der Waals surface area contributed by atoms with E-state index in [0.29, 0.717) is 12.8 Å². The number of hydrogen-bond acceptors (Lipinski definition) is 3. The van der Waals surface area contributed by atoms with E-state index >= 15 is 0 Å². The fourth-order valence-electron chi connectivity index (χ4n) is 4.91. The molecule has 0 fully saturated rings. The van der Waals surface area contributed by atoms with Crippen molar-refractivity contribution in [3.63, 3.8) is 0 Å². The molecule has 0 aromatic rings. The molecule has 0 spiro atoms. The van der Waals surface area contributed by atoms with Crippen LogP contribution in [0.2, 0.25) is 0 Å². The SMILES string of the molecule is CCCCC/C=C\C/C=C\CCCCCCCC(=O)NCC(O)CNC(=O)CCCCCCC/C=C\C/C=C\CCCCC. The molecule has 0 radical (unpaired) electrons. The highest BCUT2D eigenvalue weighted by Crippen LogP contribution is 2.09. The van der Waals surface area contributed by atoms with Crippen LogP contribution in [0, 0.1) is 0 Å². The van der Waals surface area contributed by atoms with Gasteiger partial charge in [0.2, 0.25) is 11.8 Å². The third-order valence-electron chi connectivity index (χ3n) is 7.78. The summed E-state index contributed by atoms with van der Waals surface area (Å²) in [6.07, 6.45) is 44.1. The van der Waals surface area contributed by atoms with Crippen LogP contribution in [0.1, 0.15) is 168 Å². The van der Waals surface area contributed by atoms with Gasteiger partial charge in [0.15, 0.2) is 0 Å². The summed E-state index contributed by atoms with van der Waals surface area (Å²) < 4.78 is 0. The molecule has 0 atom stereocenters. The van der Waals surface area contributed by atoms with Crippen molar-refractivity contribution in [2.45, 2.75) is 174 Å². The average Bonchev–Trinajstić information content (AvgIpc) is 3.02. The predicted molar refractivity (Wildman–Crippen MR) is 191 cm³/mol. The molecule has 0 aromatic carbocycles. The Balaban J connectivity index is 3.51. The molecule has 0 bridgehead atoms. The molecular weight excluding hydrogens is 544 g/mol. The Morgan fingerprint density at radius 1 is 0.477 bits per heavy atom. The van der Waals surface area contributed by atoms with E-state index in [1.54, 1.807) is 0 Å². The molecule has 0 aliphatic rings. The second kappa shape index (κ2) is 35.3. The summed E-state index contributed by atoms with van der Waals surface area (Å²) in [4.78, 5) is 24.1. The van der Waals surface area contributed by atoms with E-state index in [2.05, 4.69) is 73.1 Å². The zero-order valence-electron chi connectivity index (χ0n) is 28.8. The van der Waals surface area contributed by atoms with Crippen LogP contribution in [0.15, 0.2) is 48.6 Å². The number of aliphatic hydroxyl groups excluding tert-OH is 1. The normalized spacial score (nSPS) is 12.1. The zero-order valence-corrected chi connectivity index (χ0v) is 28.8. The topological polar surface area (TPSA) is 78.4 Å². The summed E-state index contributed by atoms with van der Waals surface area (Å²) in [6, 6.07) is 0. The monoisotopic (exact) mass is 615 g/mol. The van der Waals surface area contributed by atoms with Gasteiger partial charge in [0.1, 0.15) is 0 Å². The number of carbonyl (C=O) groups is 2. The number of allylic oxidation sites excluding steroid dienone is 8. The minimum absolute atomic E-state index is 0.0220. The van der Waals surface area contributed by atoms with Crippen molar-refractivity contribution in [1.29, 1.82) is 0 Å². The van der Waals surface area contributed by atoms with Gasteiger partial charge in [-0.2, -0.15) is 0 Å². The lowest BCUT2D eigenvalue weighted by Gasteiger charge is -2.13. The maximum atomic E-state index is 12.1. The highest BCUT2D eigenvalue weighted by molar-refractivity contribution is 5.76. The lowest BCUT2D eigenvalue weighted by atomic mass is 10.1. The van der Waals surface area contributed by atoms with Crippen LogP contribution in [-0.4, -0.2) is 36.1 Å². The molecule has 0 saturated carbocycles. The highest BCUT2D eigenvalue weighted by atomic mass is 16.3. The van der Waals surface area contributed by atoms with E-state index in [1.807, 2.05) is 0 Å². The largest absolute Gasteiger partial charge is 0.389 e. The molecule has 0 unspecified atom stereocenters. The Morgan fingerprint density at radius 2 is 0.795 bits per heavy atom. The van der Waals surface area contributed by atoms with Crippen molar-refractivity contribution in [3.05, 3.63) is 48.6 Å². The first-order valence-corrected chi connectivity index (χ1v) is 18.4. The highest BCUT2D eigenvalue weighted by Gasteiger charge is 2.09. The van der Waals surface area contributed by atoms with Crippen molar-refractivity contribution in [1.82, 2.24) is 10.6 Å². The first kappa shape index (κ1) is 41.9. The van der Waals surface area contributed by atoms with Gasteiger partial charge in [-0.3, -0.25) is 9.59 Å². The van der Waals surface area contributed by atoms with Crippen molar-refractivity contribution in [2.24, 2.45) is 0 Å². The maximum absolute atomic E-state index is 12.1. The fourth-order valence-corrected chi connectivity index (χ4v) is 4.91. The van der Waals surface area contributed by atoms with Gasteiger partial charge in [0, 0.05) is 25.9 Å². The van der Waals surface area contributed by atoms with Crippen molar-refractivity contribution in [2.75, 3.05) is 13.1 Å². The second-order valence-electron chi connectivity index (χ2n) is 12.2. The van der Waals surface area contributed by atoms with Gasteiger partial charge in [-0.25, -0.2) is 0 Å². The maximum Gasteiger partial charge on any atom is 0.220 e. The Morgan fingerprint density at radius 3 is 1.16 bits per heavy atom. The number of hydrogen-bond donors (Lipinski definition) is 3. The van der Waals surface area contributed by atoms with Crippen molar-refractivity contribution >= 4 is 11.8 Å². The summed E-state index contributed by atoms with van der Waals surface area (Å²) in [5.74, 6) is -0.0441. The lowest BCUT2D eigenvalue weighted by Crippen LogP contribution is -2.39. The molecule has 0 heterocycles. The van der Waals surface area contributed by atoms with Gasteiger partial charge in [0.05, 0.1) is 6.10 Å². The Hall–Kier alpha value is -2.14. The van der Waals surface area contributed by atoms with Crippen LogP contribution in [0.4, 0.5) is 0 Å². The number of unbranched alkanes of at least 4 members (excludes halogenated alkanes) is 16. The molecule has 0 saturated heterocycles. The van der Waals surface area contributed by atoms with E-state index in [0.717, 1.165) is 64.2 Å². The second-order valence-corrected chi connectivity index (χ2v) is 12.2. The third kappa shape index (κ3) is 34.4. The first-order valence-electron chi connectivity index (χ1n) is 18.4. The van der Waals surface area contributed by atoms with E-state index in [1.165, 1.54) is 77.0 Å². The Labute approximate surface area is 272 Å². The van der Waals surface area contributed by atoms with Gasteiger partial charge >= 0.3 is 0 Å². The molecule has 0 aliphatic heterocycles. The predicted octanol–water partition coefficient (Wildman–Crippen LogP) is 10.2. The number of amides is 2. The van der Waals surface area contributed by atoms with Crippen LogP contribution in [0.5, 0.6) is 0 Å². The van der Waals surface area contributed by atoms with Crippen molar-refractivity contribution < 1.29 is 14.7 Å². The summed E-state index contributed by atoms with van der Waals surface area (Å²) in [6.45, 7) is 4.84. The zero-order chi connectivity index (χ0) is 32.2. The van der Waals surface area contributed by atoms with Crippen LogP contribution < -0.4 is 10.6 Å². The van der Waals surface area contributed by atoms with Crippen LogP contribution in [-0.2, 0) is 9.59 Å². The van der Waals surface area contributed by atoms with Gasteiger partial charge in [-0.1, -0.05) is 127 Å². The van der Waals surface area contributed by atoms with Crippen LogP contribution in [0.3, 0.4) is 0 Å². The smallest absolute Gasteiger partial charge is 0.220 e. The van der Waals surface area contributed by atoms with Gasteiger partial charge in [-0.05, 0) is 77.0 Å². The van der Waals surface area contributed by atoms with Gasteiger partial charge < -0.3 is 15.7 Å². The molecule has 0 rings (SSSR count). The lowest BCUT2D eigenvalue weighted by molar-refractivity contribution is -0.121. The van der Waals surface area contributed by atoms with Gasteiger partial charge in [0.25, 0.3) is 0 Å². The Bertz CT molecular complexity index is 694. The minimum atomic E-state index is -0.753. The quantitative estimate of drug-likeness (QED) is 0.0521. The van der Waals surface area contributed by atoms with Gasteiger partial charge in [-0.15, -0.1) is 0 Å². The Kier molecular flexibility index (Phi) is 33.6. The fraction of sp³-hybridized carbons (Fsp3) is 0.744. The molecule has 0 aliphatic carbocycles. The van der Waals surface area contributed by atoms with E-state index in [9.17, 15) is 14.7 Å². The molecule has 3 N–H and O–H groups in total. The van der Waals surface area contributed by atoms with Crippen LogP contribution >= 0.6 is 0 Å². The number of aliphatic hydroxyl groups is 1. The summed E-state index contributed by atoms with van der Waals surface area (Å²) in [5, 5.41) is 15.7. The first-order chi connectivity index (χ1) is 21.6. The van der Waals surface area contributed by atoms with E-state index in [-0.39, 0.29) is 24.9 Å². The molecule has 5 heteroatoms. The molecule has 44 heavy (non-hydrogen) atoms. The summed E-state index contributed by atoms with van der Waals surface area (Å²) >= 11 is 0. The summed E-state index contributed by atoms with van der Waals surface area (Å²) in [7, 11) is 0. The average molecular weight is 615 g/mol. The number of nitrogens with one attached hydrogen (secondary N) is 2. The van der Waals surface area contributed by atoms with E-state index in [4.69, 9.17) is 0 Å². The standard InChI is InChI=1S/C39H70N2O3/c1-3-5-7-9-11-13-15-17-19-21-23-25-27-29-31-33-38(43)40-35-37(42)36-41-39(44)34-32-30-28-26-24-22-20-18-16-14-12-10-8-6-4-2/h11-14,17-20,37,42H,3-10,15-16,21-36H2,1-2H3,(H,40,43)(H,41,44)/b13-11-,14-12-,19-17-,20-18-. The molecule has 0 aromatic heterocycles. The number of carbonyl (C=O) groups excluding carboxylic acids is 2. The van der Waals surface area contributed by atoms with Crippen LogP contribution in [0.25, 0.3) is 0 Å². The van der Waals surface area contributed by atoms with E-state index < -0.39 is 6.10 Å². The number of rotatable bonds is 32.